The number of halogens is 1. The fourth-order valence-corrected chi connectivity index (χ4v) is 2.50. The average molecular weight is 280 g/mol. The second-order valence-electron chi connectivity index (χ2n) is 5.36. The number of carbonyl (C=O) groups excluding carboxylic acids is 1. The molecule has 1 aliphatic heterocycles. The van der Waals surface area contributed by atoms with Gasteiger partial charge in [-0.3, -0.25) is 9.69 Å². The number of hydrogen-bond acceptors (Lipinski definition) is 3. The molecule has 1 amide bonds. The number of benzene rings is 1. The summed E-state index contributed by atoms with van der Waals surface area (Å²) < 4.78 is 19.2. The zero-order chi connectivity index (χ0) is 14.7. The second-order valence-corrected chi connectivity index (χ2v) is 5.36. The van der Waals surface area contributed by atoms with Gasteiger partial charge in [0.1, 0.15) is 5.82 Å². The minimum atomic E-state index is -0.420. The molecule has 0 spiro atoms. The smallest absolute Gasteiger partial charge is 0.241 e. The lowest BCUT2D eigenvalue weighted by molar-refractivity contribution is -0.126. The summed E-state index contributed by atoms with van der Waals surface area (Å²) in [5.41, 5.74) is 0.221. The molecule has 0 saturated carbocycles. The van der Waals surface area contributed by atoms with E-state index in [0.717, 1.165) is 0 Å². The minimum Gasteiger partial charge on any atom is -0.373 e. The van der Waals surface area contributed by atoms with E-state index < -0.39 is 5.82 Å². The summed E-state index contributed by atoms with van der Waals surface area (Å²) in [4.78, 5) is 14.3. The maximum Gasteiger partial charge on any atom is 0.241 e. The van der Waals surface area contributed by atoms with E-state index >= 15 is 0 Å². The first-order chi connectivity index (χ1) is 9.47. The fraction of sp³-hybridized carbons (Fsp3) is 0.533. The highest BCUT2D eigenvalue weighted by atomic mass is 19.1. The molecule has 2 rings (SSSR count). The number of nitrogens with zero attached hydrogens (tertiary/aromatic N) is 1. The van der Waals surface area contributed by atoms with Crippen LogP contribution >= 0.6 is 0 Å². The van der Waals surface area contributed by atoms with Gasteiger partial charge in [-0.2, -0.15) is 0 Å². The molecule has 0 radical (unpaired) electrons. The van der Waals surface area contributed by atoms with Crippen molar-refractivity contribution in [2.24, 2.45) is 0 Å². The highest BCUT2D eigenvalue weighted by Gasteiger charge is 2.29. The predicted octanol–water partition coefficient (Wildman–Crippen LogP) is 2.26. The topological polar surface area (TPSA) is 41.6 Å². The summed E-state index contributed by atoms with van der Waals surface area (Å²) in [6, 6.07) is 5.87. The van der Waals surface area contributed by atoms with Gasteiger partial charge in [0.2, 0.25) is 5.91 Å². The van der Waals surface area contributed by atoms with E-state index in [4.69, 9.17) is 4.74 Å². The van der Waals surface area contributed by atoms with E-state index in [1.165, 1.54) is 6.07 Å². The summed E-state index contributed by atoms with van der Waals surface area (Å²) in [5.74, 6) is -0.617. The largest absolute Gasteiger partial charge is 0.373 e. The third-order valence-corrected chi connectivity index (χ3v) is 3.51. The van der Waals surface area contributed by atoms with Crippen molar-refractivity contribution in [3.63, 3.8) is 0 Å². The summed E-state index contributed by atoms with van der Waals surface area (Å²) in [7, 11) is 0. The van der Waals surface area contributed by atoms with Gasteiger partial charge in [-0.05, 0) is 32.9 Å². The molecule has 0 aliphatic carbocycles. The molecule has 3 atom stereocenters. The van der Waals surface area contributed by atoms with Gasteiger partial charge in [0, 0.05) is 13.1 Å². The summed E-state index contributed by atoms with van der Waals surface area (Å²) in [5, 5.41) is 2.64. The number of hydrogen-bond donors (Lipinski definition) is 1. The standard InChI is InChI=1S/C15H21FN2O2/c1-10-8-18(9-11(2)20-10)12(3)15(19)17-14-7-5-4-6-13(14)16/h4-7,10-12H,8-9H2,1-3H3,(H,17,19)/t10-,11-,12+/m1/s1. The van der Waals surface area contributed by atoms with Crippen LogP contribution in [0.2, 0.25) is 0 Å². The lowest BCUT2D eigenvalue weighted by atomic mass is 10.1. The van der Waals surface area contributed by atoms with E-state index in [9.17, 15) is 9.18 Å². The lowest BCUT2D eigenvalue weighted by Gasteiger charge is -2.38. The molecule has 1 fully saturated rings. The highest BCUT2D eigenvalue weighted by Crippen LogP contribution is 2.16. The molecular formula is C15H21FN2O2. The SMILES string of the molecule is C[C@@H]1CN([C@@H](C)C(=O)Nc2ccccc2F)C[C@@H](C)O1. The summed E-state index contributed by atoms with van der Waals surface area (Å²) >= 11 is 0. The van der Waals surface area contributed by atoms with Gasteiger partial charge in [0.15, 0.2) is 0 Å². The number of rotatable bonds is 3. The molecule has 0 bridgehead atoms. The molecule has 4 nitrogen and oxygen atoms in total. The van der Waals surface area contributed by atoms with E-state index in [1.807, 2.05) is 20.8 Å². The number of nitrogens with one attached hydrogen (secondary N) is 1. The normalized spacial score (nSPS) is 25.2. The van der Waals surface area contributed by atoms with Crippen LogP contribution in [0.4, 0.5) is 10.1 Å². The monoisotopic (exact) mass is 280 g/mol. The van der Waals surface area contributed by atoms with Gasteiger partial charge in [-0.1, -0.05) is 12.1 Å². The fourth-order valence-electron chi connectivity index (χ4n) is 2.50. The minimum absolute atomic E-state index is 0.0995. The van der Waals surface area contributed by atoms with Gasteiger partial charge in [0.05, 0.1) is 23.9 Å². The van der Waals surface area contributed by atoms with Crippen molar-refractivity contribution < 1.29 is 13.9 Å². The zero-order valence-electron chi connectivity index (χ0n) is 12.1. The molecule has 0 aromatic heterocycles. The predicted molar refractivity (Wildman–Crippen MR) is 76.1 cm³/mol. The van der Waals surface area contributed by atoms with Crippen LogP contribution < -0.4 is 5.32 Å². The first-order valence-electron chi connectivity index (χ1n) is 6.92. The molecule has 1 aliphatic rings. The van der Waals surface area contributed by atoms with Crippen LogP contribution in [0.5, 0.6) is 0 Å². The van der Waals surface area contributed by atoms with Gasteiger partial charge < -0.3 is 10.1 Å². The molecule has 110 valence electrons. The van der Waals surface area contributed by atoms with Crippen molar-refractivity contribution >= 4 is 11.6 Å². The van der Waals surface area contributed by atoms with Crippen molar-refractivity contribution in [3.05, 3.63) is 30.1 Å². The van der Waals surface area contributed by atoms with E-state index in [-0.39, 0.29) is 29.8 Å². The van der Waals surface area contributed by atoms with Crippen LogP contribution in [0.1, 0.15) is 20.8 Å². The number of anilines is 1. The van der Waals surface area contributed by atoms with Gasteiger partial charge in [0.25, 0.3) is 0 Å². The Morgan fingerprint density at radius 2 is 1.95 bits per heavy atom. The van der Waals surface area contributed by atoms with Crippen LogP contribution in [0.3, 0.4) is 0 Å². The Kier molecular flexibility index (Phi) is 4.73. The number of morpholine rings is 1. The molecule has 1 N–H and O–H groups in total. The molecule has 1 saturated heterocycles. The number of para-hydroxylation sites is 1. The third kappa shape index (κ3) is 3.55. The van der Waals surface area contributed by atoms with Crippen molar-refractivity contribution in [3.8, 4) is 0 Å². The Morgan fingerprint density at radius 3 is 2.55 bits per heavy atom. The molecule has 0 unspecified atom stereocenters. The molecule has 1 aromatic carbocycles. The van der Waals surface area contributed by atoms with Gasteiger partial charge in [-0.25, -0.2) is 4.39 Å². The maximum atomic E-state index is 13.5. The van der Waals surface area contributed by atoms with E-state index in [0.29, 0.717) is 13.1 Å². The van der Waals surface area contributed by atoms with Crippen LogP contribution in [0, 0.1) is 5.82 Å². The van der Waals surface area contributed by atoms with Crippen molar-refractivity contribution in [1.82, 2.24) is 4.90 Å². The first-order valence-corrected chi connectivity index (χ1v) is 6.92. The molecule has 5 heteroatoms. The van der Waals surface area contributed by atoms with Crippen molar-refractivity contribution in [2.75, 3.05) is 18.4 Å². The Morgan fingerprint density at radius 1 is 1.35 bits per heavy atom. The lowest BCUT2D eigenvalue weighted by Crippen LogP contribution is -2.52. The second kappa shape index (κ2) is 6.33. The molecule has 1 heterocycles. The first kappa shape index (κ1) is 14.9. The summed E-state index contributed by atoms with van der Waals surface area (Å²) in [6.45, 7) is 7.22. The van der Waals surface area contributed by atoms with Crippen molar-refractivity contribution in [2.45, 2.75) is 39.0 Å². The Balaban J connectivity index is 2.00. The summed E-state index contributed by atoms with van der Waals surface area (Å²) in [6.07, 6.45) is 0.199. The Bertz CT molecular complexity index is 471. The van der Waals surface area contributed by atoms with Crippen LogP contribution in [0.25, 0.3) is 0 Å². The molecule has 20 heavy (non-hydrogen) atoms. The number of carbonyl (C=O) groups is 1. The average Bonchev–Trinajstić information content (AvgIpc) is 2.39. The maximum absolute atomic E-state index is 13.5. The molecular weight excluding hydrogens is 259 g/mol. The highest BCUT2D eigenvalue weighted by molar-refractivity contribution is 5.94. The molecule has 1 aromatic rings. The Hall–Kier alpha value is -1.46. The zero-order valence-corrected chi connectivity index (χ0v) is 12.1. The van der Waals surface area contributed by atoms with Crippen LogP contribution in [0.15, 0.2) is 24.3 Å². The van der Waals surface area contributed by atoms with Gasteiger partial charge >= 0.3 is 0 Å². The number of amides is 1. The van der Waals surface area contributed by atoms with Crippen LogP contribution in [-0.2, 0) is 9.53 Å². The quantitative estimate of drug-likeness (QED) is 0.923. The van der Waals surface area contributed by atoms with Crippen LogP contribution in [-0.4, -0.2) is 42.1 Å². The van der Waals surface area contributed by atoms with Gasteiger partial charge in [-0.15, -0.1) is 0 Å². The van der Waals surface area contributed by atoms with E-state index in [1.54, 1.807) is 18.2 Å². The van der Waals surface area contributed by atoms with E-state index in [2.05, 4.69) is 10.2 Å². The Labute approximate surface area is 118 Å². The number of ether oxygens (including phenoxy) is 1. The van der Waals surface area contributed by atoms with Crippen molar-refractivity contribution in [1.29, 1.82) is 0 Å². The third-order valence-electron chi connectivity index (χ3n) is 3.51.